The summed E-state index contributed by atoms with van der Waals surface area (Å²) >= 11 is 0. The summed E-state index contributed by atoms with van der Waals surface area (Å²) in [5.41, 5.74) is 0. The van der Waals surface area contributed by atoms with Gasteiger partial charge in [-0.3, -0.25) is 4.79 Å². The van der Waals surface area contributed by atoms with Crippen molar-refractivity contribution < 1.29 is 9.90 Å². The molecule has 1 saturated heterocycles. The SMILES string of the molecule is CC(=O)O.CCCCC1CCN(CCC)CC1. The predicted molar refractivity (Wildman–Crippen MR) is 72.3 cm³/mol. The molecule has 0 amide bonds. The second kappa shape index (κ2) is 10.6. The quantitative estimate of drug-likeness (QED) is 0.804. The van der Waals surface area contributed by atoms with Crippen molar-refractivity contribution >= 4 is 5.97 Å². The summed E-state index contributed by atoms with van der Waals surface area (Å²) in [7, 11) is 0. The maximum absolute atomic E-state index is 9.00. The van der Waals surface area contributed by atoms with Gasteiger partial charge >= 0.3 is 0 Å². The maximum atomic E-state index is 9.00. The number of rotatable bonds is 5. The minimum atomic E-state index is -0.833. The smallest absolute Gasteiger partial charge is 0.300 e. The molecule has 17 heavy (non-hydrogen) atoms. The van der Waals surface area contributed by atoms with E-state index in [-0.39, 0.29) is 0 Å². The van der Waals surface area contributed by atoms with E-state index < -0.39 is 5.97 Å². The third-order valence-corrected chi connectivity index (χ3v) is 3.21. The van der Waals surface area contributed by atoms with Gasteiger partial charge in [-0.15, -0.1) is 0 Å². The van der Waals surface area contributed by atoms with Gasteiger partial charge in [0, 0.05) is 6.92 Å². The lowest BCUT2D eigenvalue weighted by Crippen LogP contribution is -2.34. The van der Waals surface area contributed by atoms with Gasteiger partial charge in [-0.05, 0) is 44.8 Å². The van der Waals surface area contributed by atoms with E-state index >= 15 is 0 Å². The van der Waals surface area contributed by atoms with Crippen LogP contribution in [0.15, 0.2) is 0 Å². The second-order valence-electron chi connectivity index (χ2n) is 4.95. The standard InChI is InChI=1S/C12H25N.C2H4O2/c1-3-5-6-12-7-10-13(9-4-2)11-8-12;1-2(3)4/h12H,3-11H2,1-2H3;1H3,(H,3,4). The van der Waals surface area contributed by atoms with Crippen LogP contribution in [-0.2, 0) is 4.79 Å². The molecule has 0 bridgehead atoms. The first kappa shape index (κ1) is 16.4. The Morgan fingerprint density at radius 1 is 1.24 bits per heavy atom. The molecule has 102 valence electrons. The summed E-state index contributed by atoms with van der Waals surface area (Å²) in [6.45, 7) is 9.71. The molecule has 1 fully saturated rings. The van der Waals surface area contributed by atoms with Gasteiger partial charge in [-0.1, -0.05) is 33.1 Å². The van der Waals surface area contributed by atoms with Crippen LogP contribution in [0.4, 0.5) is 0 Å². The molecule has 0 aromatic rings. The summed E-state index contributed by atoms with van der Waals surface area (Å²) in [6.07, 6.45) is 8.53. The number of nitrogens with zero attached hydrogens (tertiary/aromatic N) is 1. The summed E-state index contributed by atoms with van der Waals surface area (Å²) < 4.78 is 0. The van der Waals surface area contributed by atoms with Crippen LogP contribution < -0.4 is 0 Å². The molecule has 3 heteroatoms. The predicted octanol–water partition coefficient (Wildman–Crippen LogP) is 3.39. The van der Waals surface area contributed by atoms with E-state index in [2.05, 4.69) is 18.7 Å². The van der Waals surface area contributed by atoms with Crippen LogP contribution in [0.2, 0.25) is 0 Å². The first-order valence-corrected chi connectivity index (χ1v) is 7.02. The first-order chi connectivity index (χ1) is 8.10. The molecule has 0 aliphatic carbocycles. The number of likely N-dealkylation sites (tertiary alicyclic amines) is 1. The average molecular weight is 243 g/mol. The van der Waals surface area contributed by atoms with Gasteiger partial charge in [0.25, 0.3) is 5.97 Å². The summed E-state index contributed by atoms with van der Waals surface area (Å²) in [5.74, 6) is 0.216. The molecule has 1 rings (SSSR count). The van der Waals surface area contributed by atoms with E-state index in [0.29, 0.717) is 0 Å². The van der Waals surface area contributed by atoms with Crippen LogP contribution in [0, 0.1) is 5.92 Å². The highest BCUT2D eigenvalue weighted by molar-refractivity contribution is 5.62. The highest BCUT2D eigenvalue weighted by Crippen LogP contribution is 2.22. The number of carbonyl (C=O) groups is 1. The fourth-order valence-electron chi connectivity index (χ4n) is 2.31. The summed E-state index contributed by atoms with van der Waals surface area (Å²) in [6, 6.07) is 0. The minimum Gasteiger partial charge on any atom is -0.481 e. The molecule has 0 aromatic carbocycles. The number of aliphatic carboxylic acids is 1. The fourth-order valence-corrected chi connectivity index (χ4v) is 2.31. The van der Waals surface area contributed by atoms with Crippen LogP contribution in [0.5, 0.6) is 0 Å². The Morgan fingerprint density at radius 3 is 2.18 bits per heavy atom. The van der Waals surface area contributed by atoms with Crippen LogP contribution in [-0.4, -0.2) is 35.6 Å². The zero-order valence-electron chi connectivity index (χ0n) is 11.7. The molecule has 1 aliphatic rings. The molecule has 1 aliphatic heterocycles. The van der Waals surface area contributed by atoms with Crippen molar-refractivity contribution in [1.82, 2.24) is 4.90 Å². The van der Waals surface area contributed by atoms with E-state index in [0.717, 1.165) is 12.8 Å². The van der Waals surface area contributed by atoms with E-state index in [1.807, 2.05) is 0 Å². The Labute approximate surface area is 106 Å². The molecule has 1 heterocycles. The Balaban J connectivity index is 0.000000557. The number of piperidine rings is 1. The summed E-state index contributed by atoms with van der Waals surface area (Å²) in [5, 5.41) is 7.42. The molecule has 3 nitrogen and oxygen atoms in total. The molecule has 1 N–H and O–H groups in total. The molecule has 0 atom stereocenters. The van der Waals surface area contributed by atoms with Crippen molar-refractivity contribution in [2.24, 2.45) is 5.92 Å². The van der Waals surface area contributed by atoms with E-state index in [9.17, 15) is 0 Å². The number of hydrogen-bond acceptors (Lipinski definition) is 2. The molecule has 0 spiro atoms. The van der Waals surface area contributed by atoms with Gasteiger partial charge in [-0.2, -0.15) is 0 Å². The molecule has 0 aromatic heterocycles. The zero-order chi connectivity index (χ0) is 13.1. The number of unbranched alkanes of at least 4 members (excludes halogenated alkanes) is 1. The van der Waals surface area contributed by atoms with E-state index in [1.54, 1.807) is 0 Å². The van der Waals surface area contributed by atoms with Gasteiger partial charge in [0.1, 0.15) is 0 Å². The van der Waals surface area contributed by atoms with Crippen LogP contribution >= 0.6 is 0 Å². The van der Waals surface area contributed by atoms with Gasteiger partial charge in [-0.25, -0.2) is 0 Å². The van der Waals surface area contributed by atoms with Gasteiger partial charge < -0.3 is 10.0 Å². The van der Waals surface area contributed by atoms with Crippen molar-refractivity contribution in [3.8, 4) is 0 Å². The zero-order valence-corrected chi connectivity index (χ0v) is 11.7. The number of hydrogen-bond donors (Lipinski definition) is 1. The van der Waals surface area contributed by atoms with Crippen LogP contribution in [0.25, 0.3) is 0 Å². The third kappa shape index (κ3) is 10.3. The molecular weight excluding hydrogens is 214 g/mol. The number of carboxylic acids is 1. The number of carboxylic acid groups (broad SMARTS) is 1. The highest BCUT2D eigenvalue weighted by atomic mass is 16.4. The van der Waals surface area contributed by atoms with Crippen molar-refractivity contribution in [3.05, 3.63) is 0 Å². The fraction of sp³-hybridized carbons (Fsp3) is 0.929. The Hall–Kier alpha value is -0.570. The van der Waals surface area contributed by atoms with Gasteiger partial charge in [0.15, 0.2) is 0 Å². The molecular formula is C14H29NO2. The van der Waals surface area contributed by atoms with Crippen molar-refractivity contribution in [2.45, 2.75) is 59.3 Å². The Morgan fingerprint density at radius 2 is 1.76 bits per heavy atom. The largest absolute Gasteiger partial charge is 0.481 e. The topological polar surface area (TPSA) is 40.5 Å². The Bertz CT molecular complexity index is 183. The molecule has 0 radical (unpaired) electrons. The van der Waals surface area contributed by atoms with Crippen LogP contribution in [0.1, 0.15) is 59.3 Å². The van der Waals surface area contributed by atoms with Crippen molar-refractivity contribution in [1.29, 1.82) is 0 Å². The monoisotopic (exact) mass is 243 g/mol. The van der Waals surface area contributed by atoms with Crippen molar-refractivity contribution in [2.75, 3.05) is 19.6 Å². The second-order valence-corrected chi connectivity index (χ2v) is 4.95. The average Bonchev–Trinajstić information content (AvgIpc) is 2.28. The third-order valence-electron chi connectivity index (χ3n) is 3.21. The van der Waals surface area contributed by atoms with Crippen molar-refractivity contribution in [3.63, 3.8) is 0 Å². The summed E-state index contributed by atoms with van der Waals surface area (Å²) in [4.78, 5) is 11.6. The van der Waals surface area contributed by atoms with E-state index in [1.165, 1.54) is 58.2 Å². The van der Waals surface area contributed by atoms with Crippen LogP contribution in [0.3, 0.4) is 0 Å². The highest BCUT2D eigenvalue weighted by Gasteiger charge is 2.17. The lowest BCUT2D eigenvalue weighted by atomic mass is 9.92. The minimum absolute atomic E-state index is 0.833. The first-order valence-electron chi connectivity index (χ1n) is 7.02. The van der Waals surface area contributed by atoms with Gasteiger partial charge in [0.2, 0.25) is 0 Å². The molecule has 0 saturated carbocycles. The maximum Gasteiger partial charge on any atom is 0.300 e. The van der Waals surface area contributed by atoms with E-state index in [4.69, 9.17) is 9.90 Å². The van der Waals surface area contributed by atoms with Gasteiger partial charge in [0.05, 0.1) is 0 Å². The lowest BCUT2D eigenvalue weighted by molar-refractivity contribution is -0.134. The lowest BCUT2D eigenvalue weighted by Gasteiger charge is -2.31. The molecule has 0 unspecified atom stereocenters. The Kier molecular flexibility index (Phi) is 10.2. The normalized spacial score (nSPS) is 17.4.